The van der Waals surface area contributed by atoms with Crippen molar-refractivity contribution in [2.75, 3.05) is 13.7 Å². The summed E-state index contributed by atoms with van der Waals surface area (Å²) in [5.74, 6) is 1.18. The maximum absolute atomic E-state index is 12.4. The van der Waals surface area contributed by atoms with E-state index in [0.29, 0.717) is 29.2 Å². The molecule has 2 aromatic rings. The molecule has 25 heavy (non-hydrogen) atoms. The molecular weight excluding hydrogens is 340 g/mol. The van der Waals surface area contributed by atoms with Crippen molar-refractivity contribution in [3.05, 3.63) is 53.1 Å². The Kier molecular flexibility index (Phi) is 6.03. The number of ether oxygens (including phenoxy) is 2. The number of nitrogens with zero attached hydrogens (tertiary/aromatic N) is 1. The molecular formula is C18H22N2O4S. The van der Waals surface area contributed by atoms with Gasteiger partial charge >= 0.3 is 0 Å². The predicted molar refractivity (Wildman–Crippen MR) is 98.0 cm³/mol. The van der Waals surface area contributed by atoms with Gasteiger partial charge < -0.3 is 9.47 Å². The van der Waals surface area contributed by atoms with Crippen molar-refractivity contribution in [1.29, 1.82) is 0 Å². The monoisotopic (exact) mass is 362 g/mol. The second-order valence-electron chi connectivity index (χ2n) is 5.47. The molecule has 0 saturated heterocycles. The van der Waals surface area contributed by atoms with Crippen LogP contribution in [-0.4, -0.2) is 28.3 Å². The predicted octanol–water partition coefficient (Wildman–Crippen LogP) is 3.02. The van der Waals surface area contributed by atoms with Gasteiger partial charge in [-0.1, -0.05) is 12.1 Å². The zero-order valence-electron chi connectivity index (χ0n) is 14.7. The van der Waals surface area contributed by atoms with Crippen molar-refractivity contribution in [3.8, 4) is 11.5 Å². The van der Waals surface area contributed by atoms with E-state index >= 15 is 0 Å². The smallest absolute Gasteiger partial charge is 0.276 e. The maximum Gasteiger partial charge on any atom is 0.276 e. The summed E-state index contributed by atoms with van der Waals surface area (Å²) in [5, 5.41) is 3.86. The van der Waals surface area contributed by atoms with Gasteiger partial charge in [0.2, 0.25) is 0 Å². The third-order valence-corrected chi connectivity index (χ3v) is 4.87. The second-order valence-corrected chi connectivity index (χ2v) is 7.09. The van der Waals surface area contributed by atoms with E-state index in [-0.39, 0.29) is 4.90 Å². The third kappa shape index (κ3) is 4.73. The van der Waals surface area contributed by atoms with E-state index in [1.165, 1.54) is 6.21 Å². The Labute approximate surface area is 148 Å². The summed E-state index contributed by atoms with van der Waals surface area (Å²) >= 11 is 0. The van der Waals surface area contributed by atoms with E-state index < -0.39 is 10.0 Å². The molecule has 0 bridgehead atoms. The minimum absolute atomic E-state index is 0.217. The standard InChI is InChI=1S/C18H22N2O4S/c1-5-24-17-11-15(8-9-16(17)23-4)12-19-20-25(21,22)18-10-13(2)6-7-14(18)3/h6-12,20H,5H2,1-4H3/b19-12+. The van der Waals surface area contributed by atoms with E-state index in [1.54, 1.807) is 44.4 Å². The van der Waals surface area contributed by atoms with Gasteiger partial charge in [0, 0.05) is 0 Å². The Morgan fingerprint density at radius 3 is 2.56 bits per heavy atom. The number of rotatable bonds is 7. The molecule has 0 spiro atoms. The highest BCUT2D eigenvalue weighted by atomic mass is 32.2. The fraction of sp³-hybridized carbons (Fsp3) is 0.278. The molecule has 0 aliphatic rings. The number of aryl methyl sites for hydroxylation is 2. The first-order valence-electron chi connectivity index (χ1n) is 7.80. The van der Waals surface area contributed by atoms with Gasteiger partial charge in [0.05, 0.1) is 24.8 Å². The number of methoxy groups -OCH3 is 1. The quantitative estimate of drug-likeness (QED) is 0.607. The van der Waals surface area contributed by atoms with Gasteiger partial charge in [-0.3, -0.25) is 0 Å². The van der Waals surface area contributed by atoms with Crippen molar-refractivity contribution >= 4 is 16.2 Å². The number of benzene rings is 2. The fourth-order valence-electron chi connectivity index (χ4n) is 2.26. The highest BCUT2D eigenvalue weighted by molar-refractivity contribution is 7.89. The molecule has 2 rings (SSSR count). The molecule has 0 atom stereocenters. The molecule has 0 aromatic heterocycles. The first-order chi connectivity index (χ1) is 11.9. The van der Waals surface area contributed by atoms with Crippen molar-refractivity contribution < 1.29 is 17.9 Å². The Morgan fingerprint density at radius 2 is 1.88 bits per heavy atom. The van der Waals surface area contributed by atoms with E-state index in [1.807, 2.05) is 19.9 Å². The molecule has 134 valence electrons. The minimum Gasteiger partial charge on any atom is -0.493 e. The van der Waals surface area contributed by atoms with E-state index in [4.69, 9.17) is 9.47 Å². The fourth-order valence-corrected chi connectivity index (χ4v) is 3.38. The van der Waals surface area contributed by atoms with Crippen LogP contribution in [-0.2, 0) is 10.0 Å². The molecule has 1 N–H and O–H groups in total. The zero-order valence-corrected chi connectivity index (χ0v) is 15.6. The largest absolute Gasteiger partial charge is 0.493 e. The summed E-state index contributed by atoms with van der Waals surface area (Å²) < 4.78 is 35.5. The summed E-state index contributed by atoms with van der Waals surface area (Å²) in [7, 11) is -2.16. The van der Waals surface area contributed by atoms with Crippen molar-refractivity contribution in [1.82, 2.24) is 4.83 Å². The Morgan fingerprint density at radius 1 is 1.12 bits per heavy atom. The van der Waals surface area contributed by atoms with Gasteiger partial charge in [-0.15, -0.1) is 0 Å². The summed E-state index contributed by atoms with van der Waals surface area (Å²) in [6.45, 7) is 5.96. The van der Waals surface area contributed by atoms with Gasteiger partial charge in [-0.25, -0.2) is 4.83 Å². The summed E-state index contributed by atoms with van der Waals surface area (Å²) in [4.78, 5) is 2.46. The second kappa shape index (κ2) is 8.02. The van der Waals surface area contributed by atoms with Crippen LogP contribution < -0.4 is 14.3 Å². The van der Waals surface area contributed by atoms with Crippen LogP contribution in [0.25, 0.3) is 0 Å². The van der Waals surface area contributed by atoms with Crippen LogP contribution in [0.4, 0.5) is 0 Å². The minimum atomic E-state index is -3.72. The number of hydrazone groups is 1. The third-order valence-electron chi connectivity index (χ3n) is 3.51. The molecule has 7 heteroatoms. The van der Waals surface area contributed by atoms with Crippen LogP contribution in [0.2, 0.25) is 0 Å². The highest BCUT2D eigenvalue weighted by Crippen LogP contribution is 2.27. The Bertz CT molecular complexity index is 877. The van der Waals surface area contributed by atoms with Crippen LogP contribution in [0, 0.1) is 13.8 Å². The lowest BCUT2D eigenvalue weighted by molar-refractivity contribution is 0.311. The van der Waals surface area contributed by atoms with Crippen molar-refractivity contribution in [3.63, 3.8) is 0 Å². The summed E-state index contributed by atoms with van der Waals surface area (Å²) in [6.07, 6.45) is 1.42. The van der Waals surface area contributed by atoms with Crippen LogP contribution in [0.3, 0.4) is 0 Å². The zero-order chi connectivity index (χ0) is 18.4. The molecule has 2 aromatic carbocycles. The van der Waals surface area contributed by atoms with Crippen LogP contribution in [0.15, 0.2) is 46.4 Å². The lowest BCUT2D eigenvalue weighted by Crippen LogP contribution is -2.19. The first kappa shape index (κ1) is 18.8. The van der Waals surface area contributed by atoms with Crippen LogP contribution in [0.5, 0.6) is 11.5 Å². The molecule has 6 nitrogen and oxygen atoms in total. The molecule has 0 radical (unpaired) electrons. The molecule has 0 fully saturated rings. The van der Waals surface area contributed by atoms with E-state index in [9.17, 15) is 8.42 Å². The van der Waals surface area contributed by atoms with Crippen molar-refractivity contribution in [2.24, 2.45) is 5.10 Å². The lowest BCUT2D eigenvalue weighted by Gasteiger charge is -2.10. The van der Waals surface area contributed by atoms with E-state index in [2.05, 4.69) is 9.93 Å². The number of nitrogens with one attached hydrogen (secondary N) is 1. The average molecular weight is 362 g/mol. The molecule has 0 aliphatic carbocycles. The van der Waals surface area contributed by atoms with Crippen molar-refractivity contribution in [2.45, 2.75) is 25.7 Å². The summed E-state index contributed by atoms with van der Waals surface area (Å²) in [5.41, 5.74) is 2.22. The van der Waals surface area contributed by atoms with Crippen LogP contribution in [0.1, 0.15) is 23.6 Å². The Hall–Kier alpha value is -2.54. The Balaban J connectivity index is 2.20. The molecule has 0 unspecified atom stereocenters. The number of hydrogen-bond donors (Lipinski definition) is 1. The van der Waals surface area contributed by atoms with Gasteiger partial charge in [0.25, 0.3) is 10.0 Å². The van der Waals surface area contributed by atoms with Gasteiger partial charge in [-0.05, 0) is 61.7 Å². The molecule has 0 heterocycles. The van der Waals surface area contributed by atoms with Crippen LogP contribution >= 0.6 is 0 Å². The molecule has 0 aliphatic heterocycles. The topological polar surface area (TPSA) is 77.0 Å². The first-order valence-corrected chi connectivity index (χ1v) is 9.28. The molecule has 0 amide bonds. The normalized spacial score (nSPS) is 11.5. The maximum atomic E-state index is 12.4. The van der Waals surface area contributed by atoms with Gasteiger partial charge in [0.1, 0.15) is 0 Å². The van der Waals surface area contributed by atoms with Gasteiger partial charge in [0.15, 0.2) is 11.5 Å². The lowest BCUT2D eigenvalue weighted by atomic mass is 10.2. The number of sulfonamides is 1. The SMILES string of the molecule is CCOc1cc(/C=N/NS(=O)(=O)c2cc(C)ccc2C)ccc1OC. The van der Waals surface area contributed by atoms with E-state index in [0.717, 1.165) is 5.56 Å². The van der Waals surface area contributed by atoms with Gasteiger partial charge in [-0.2, -0.15) is 13.5 Å². The molecule has 0 saturated carbocycles. The highest BCUT2D eigenvalue weighted by Gasteiger charge is 2.15. The average Bonchev–Trinajstić information content (AvgIpc) is 2.57. The number of hydrogen-bond acceptors (Lipinski definition) is 5. The summed E-state index contributed by atoms with van der Waals surface area (Å²) in [6, 6.07) is 10.5.